The van der Waals surface area contributed by atoms with Crippen LogP contribution in [0, 0.1) is 0 Å². The number of sulfonamides is 1. The van der Waals surface area contributed by atoms with Crippen LogP contribution in [-0.2, 0) is 32.6 Å². The Labute approximate surface area is 255 Å². The molecule has 1 N–H and O–H groups in total. The highest BCUT2D eigenvalue weighted by atomic mass is 35.5. The van der Waals surface area contributed by atoms with Gasteiger partial charge in [-0.05, 0) is 55.3 Å². The molecule has 214 valence electrons. The highest BCUT2D eigenvalue weighted by Gasteiger charge is 2.33. The minimum absolute atomic E-state index is 0.0351. The molecule has 3 rings (SSSR count). The number of halogens is 4. The number of rotatable bonds is 11. The van der Waals surface area contributed by atoms with E-state index < -0.39 is 28.5 Å². The Bertz CT molecular complexity index is 1450. The number of amides is 2. The normalized spacial score (nSPS) is 12.2. The van der Waals surface area contributed by atoms with E-state index >= 15 is 0 Å². The number of hydrogen-bond donors (Lipinski definition) is 1. The Hall–Kier alpha value is -2.49. The van der Waals surface area contributed by atoms with Crippen molar-refractivity contribution in [2.24, 2.45) is 0 Å². The summed E-state index contributed by atoms with van der Waals surface area (Å²) < 4.78 is 26.6. The van der Waals surface area contributed by atoms with Crippen LogP contribution >= 0.6 is 46.4 Å². The summed E-state index contributed by atoms with van der Waals surface area (Å²) >= 11 is 24.6. The van der Waals surface area contributed by atoms with Crippen LogP contribution in [-0.4, -0.2) is 50.0 Å². The van der Waals surface area contributed by atoms with Gasteiger partial charge in [-0.1, -0.05) is 82.8 Å². The van der Waals surface area contributed by atoms with E-state index in [2.05, 4.69) is 5.32 Å². The summed E-state index contributed by atoms with van der Waals surface area (Å²) in [6.45, 7) is 3.00. The van der Waals surface area contributed by atoms with Crippen LogP contribution < -0.4 is 9.62 Å². The Balaban J connectivity index is 2.09. The second-order valence-electron chi connectivity index (χ2n) is 9.54. The smallest absolute Gasteiger partial charge is 0.244 e. The molecule has 0 heterocycles. The molecule has 0 saturated carbocycles. The lowest BCUT2D eigenvalue weighted by atomic mass is 10.0. The Morgan fingerprint density at radius 2 is 1.48 bits per heavy atom. The van der Waals surface area contributed by atoms with E-state index in [1.54, 1.807) is 18.2 Å². The van der Waals surface area contributed by atoms with E-state index in [1.165, 1.54) is 23.1 Å². The lowest BCUT2D eigenvalue weighted by Gasteiger charge is -2.34. The van der Waals surface area contributed by atoms with Gasteiger partial charge >= 0.3 is 0 Å². The first-order valence-corrected chi connectivity index (χ1v) is 15.6. The summed E-state index contributed by atoms with van der Waals surface area (Å²) in [5, 5.41) is 3.91. The monoisotopic (exact) mass is 643 g/mol. The molecule has 2 amide bonds. The quantitative estimate of drug-likeness (QED) is 0.268. The maximum absolute atomic E-state index is 14.0. The number of benzene rings is 3. The van der Waals surface area contributed by atoms with E-state index in [-0.39, 0.29) is 45.7 Å². The minimum Gasteiger partial charge on any atom is -0.352 e. The third-order valence-corrected chi connectivity index (χ3v) is 8.17. The molecule has 0 aliphatic rings. The van der Waals surface area contributed by atoms with Crippen LogP contribution in [0.1, 0.15) is 25.0 Å². The van der Waals surface area contributed by atoms with Crippen LogP contribution in [0.5, 0.6) is 0 Å². The molecule has 12 heteroatoms. The molecule has 1 unspecified atom stereocenters. The van der Waals surface area contributed by atoms with Crippen LogP contribution in [0.4, 0.5) is 5.69 Å². The first-order valence-electron chi connectivity index (χ1n) is 12.3. The van der Waals surface area contributed by atoms with Gasteiger partial charge < -0.3 is 10.2 Å². The summed E-state index contributed by atoms with van der Waals surface area (Å²) in [7, 11) is -3.96. The van der Waals surface area contributed by atoms with E-state index in [4.69, 9.17) is 46.4 Å². The molecule has 0 aliphatic heterocycles. The van der Waals surface area contributed by atoms with Crippen molar-refractivity contribution in [3.8, 4) is 0 Å². The zero-order valence-electron chi connectivity index (χ0n) is 22.1. The van der Waals surface area contributed by atoms with Crippen molar-refractivity contribution in [1.82, 2.24) is 10.2 Å². The van der Waals surface area contributed by atoms with Crippen LogP contribution in [0.15, 0.2) is 66.7 Å². The second-order valence-corrected chi connectivity index (χ2v) is 13.1. The molecule has 7 nitrogen and oxygen atoms in total. The predicted octanol–water partition coefficient (Wildman–Crippen LogP) is 6.23. The Morgan fingerprint density at radius 3 is 2.02 bits per heavy atom. The van der Waals surface area contributed by atoms with Gasteiger partial charge in [0.05, 0.1) is 22.0 Å². The lowest BCUT2D eigenvalue weighted by Crippen LogP contribution is -2.54. The topological polar surface area (TPSA) is 86.8 Å². The number of anilines is 1. The van der Waals surface area contributed by atoms with E-state index in [0.29, 0.717) is 10.6 Å². The first kappa shape index (κ1) is 32.0. The standard InChI is InChI=1S/C28H29Cl4N3O4S/c1-18(2)33-28(37)26(12-19-7-5-4-6-8-19)34(16-20-9-10-24(31)25(32)11-20)27(36)17-35(40(3,38)39)23-14-21(29)13-22(30)15-23/h4-11,13-15,18,26H,12,16-17H2,1-3H3,(H,33,37). The van der Waals surface area contributed by atoms with Crippen molar-refractivity contribution in [3.05, 3.63) is 97.9 Å². The van der Waals surface area contributed by atoms with Gasteiger partial charge in [0.25, 0.3) is 0 Å². The number of nitrogens with one attached hydrogen (secondary N) is 1. The van der Waals surface area contributed by atoms with Gasteiger partial charge in [-0.3, -0.25) is 13.9 Å². The average molecular weight is 645 g/mol. The van der Waals surface area contributed by atoms with E-state index in [1.807, 2.05) is 44.2 Å². The largest absolute Gasteiger partial charge is 0.352 e. The van der Waals surface area contributed by atoms with Crippen molar-refractivity contribution in [2.45, 2.75) is 38.9 Å². The maximum atomic E-state index is 14.0. The molecular formula is C28H29Cl4N3O4S. The van der Waals surface area contributed by atoms with Gasteiger partial charge in [-0.25, -0.2) is 8.42 Å². The molecule has 0 fully saturated rings. The van der Waals surface area contributed by atoms with Gasteiger partial charge in [-0.15, -0.1) is 0 Å². The summed E-state index contributed by atoms with van der Waals surface area (Å²) in [4.78, 5) is 28.9. The molecular weight excluding hydrogens is 616 g/mol. The molecule has 0 radical (unpaired) electrons. The molecule has 3 aromatic carbocycles. The van der Waals surface area contributed by atoms with Crippen molar-refractivity contribution in [1.29, 1.82) is 0 Å². The van der Waals surface area contributed by atoms with Crippen LogP contribution in [0.3, 0.4) is 0 Å². The number of carbonyl (C=O) groups excluding carboxylic acids is 2. The summed E-state index contributed by atoms with van der Waals surface area (Å²) in [6, 6.07) is 17.2. The average Bonchev–Trinajstić information content (AvgIpc) is 2.85. The SMILES string of the molecule is CC(C)NC(=O)C(Cc1ccccc1)N(Cc1ccc(Cl)c(Cl)c1)C(=O)CN(c1cc(Cl)cc(Cl)c1)S(C)(=O)=O. The molecule has 0 bridgehead atoms. The summed E-state index contributed by atoms with van der Waals surface area (Å²) in [6.07, 6.45) is 1.17. The van der Waals surface area contributed by atoms with Crippen molar-refractivity contribution >= 4 is 73.9 Å². The highest BCUT2D eigenvalue weighted by Crippen LogP contribution is 2.28. The molecule has 0 saturated heterocycles. The zero-order chi connectivity index (χ0) is 29.6. The predicted molar refractivity (Wildman–Crippen MR) is 163 cm³/mol. The Kier molecular flexibility index (Phi) is 11.1. The van der Waals surface area contributed by atoms with Crippen LogP contribution in [0.25, 0.3) is 0 Å². The summed E-state index contributed by atoms with van der Waals surface area (Å²) in [5.74, 6) is -1.00. The maximum Gasteiger partial charge on any atom is 0.244 e. The molecule has 0 aromatic heterocycles. The van der Waals surface area contributed by atoms with Gasteiger partial charge in [-0.2, -0.15) is 0 Å². The zero-order valence-corrected chi connectivity index (χ0v) is 25.9. The van der Waals surface area contributed by atoms with E-state index in [9.17, 15) is 18.0 Å². The molecule has 0 spiro atoms. The van der Waals surface area contributed by atoms with Gasteiger partial charge in [0.2, 0.25) is 21.8 Å². The summed E-state index contributed by atoms with van der Waals surface area (Å²) in [5.41, 5.74) is 1.55. The van der Waals surface area contributed by atoms with Crippen molar-refractivity contribution in [3.63, 3.8) is 0 Å². The van der Waals surface area contributed by atoms with E-state index in [0.717, 1.165) is 16.1 Å². The van der Waals surface area contributed by atoms with Crippen molar-refractivity contribution in [2.75, 3.05) is 17.1 Å². The molecule has 0 aliphatic carbocycles. The third kappa shape index (κ3) is 9.01. The second kappa shape index (κ2) is 13.9. The lowest BCUT2D eigenvalue weighted by molar-refractivity contribution is -0.140. The third-order valence-electron chi connectivity index (χ3n) is 5.85. The van der Waals surface area contributed by atoms with Crippen molar-refractivity contribution < 1.29 is 18.0 Å². The van der Waals surface area contributed by atoms with Crippen LogP contribution in [0.2, 0.25) is 20.1 Å². The van der Waals surface area contributed by atoms with Gasteiger partial charge in [0, 0.05) is 29.1 Å². The number of carbonyl (C=O) groups is 2. The fourth-order valence-electron chi connectivity index (χ4n) is 4.07. The van der Waals surface area contributed by atoms with Gasteiger partial charge in [0.1, 0.15) is 12.6 Å². The number of nitrogens with zero attached hydrogens (tertiary/aromatic N) is 2. The molecule has 40 heavy (non-hydrogen) atoms. The Morgan fingerprint density at radius 1 is 0.850 bits per heavy atom. The molecule has 1 atom stereocenters. The minimum atomic E-state index is -3.96. The van der Waals surface area contributed by atoms with Gasteiger partial charge in [0.15, 0.2) is 0 Å². The fourth-order valence-corrected chi connectivity index (χ4v) is 5.73. The highest BCUT2D eigenvalue weighted by molar-refractivity contribution is 7.92. The molecule has 3 aromatic rings. The fraction of sp³-hybridized carbons (Fsp3) is 0.286. The number of hydrogen-bond acceptors (Lipinski definition) is 4. The first-order chi connectivity index (χ1) is 18.7.